The van der Waals surface area contributed by atoms with Gasteiger partial charge in [0.2, 0.25) is 0 Å². The Kier molecular flexibility index (Phi) is 6.47. The van der Waals surface area contributed by atoms with Gasteiger partial charge >= 0.3 is 6.18 Å². The number of fused-ring (bicyclic) bond motifs is 1. The Hall–Kier alpha value is -3.28. The maximum absolute atomic E-state index is 14.2. The second kappa shape index (κ2) is 9.72. The molecule has 2 saturated heterocycles. The highest BCUT2D eigenvalue weighted by atomic mass is 19.4. The summed E-state index contributed by atoms with van der Waals surface area (Å²) < 4.78 is 50.1. The number of anilines is 1. The first-order valence-electron chi connectivity index (χ1n) is 13.1. The molecule has 2 fully saturated rings. The molecule has 1 amide bonds. The van der Waals surface area contributed by atoms with Crippen LogP contribution in [0.25, 0.3) is 0 Å². The lowest BCUT2D eigenvalue weighted by Crippen LogP contribution is -2.49. The summed E-state index contributed by atoms with van der Waals surface area (Å²) in [5.41, 5.74) is 1.18. The summed E-state index contributed by atoms with van der Waals surface area (Å²) in [5, 5.41) is 8.18. The Morgan fingerprint density at radius 3 is 2.46 bits per heavy atom. The zero-order valence-electron chi connectivity index (χ0n) is 22.0. The molecule has 0 spiro atoms. The normalized spacial score (nSPS) is 19.8. The van der Waals surface area contributed by atoms with Crippen molar-refractivity contribution in [3.8, 4) is 0 Å². The third kappa shape index (κ3) is 4.83. The summed E-state index contributed by atoms with van der Waals surface area (Å²) >= 11 is 0. The molecule has 3 aromatic rings. The number of halogens is 3. The number of amides is 1. The van der Waals surface area contributed by atoms with E-state index in [9.17, 15) is 18.0 Å². The van der Waals surface area contributed by atoms with Crippen LogP contribution in [0.15, 0.2) is 42.7 Å². The van der Waals surface area contributed by atoms with Crippen molar-refractivity contribution in [2.75, 3.05) is 51.3 Å². The first-order valence-corrected chi connectivity index (χ1v) is 13.1. The summed E-state index contributed by atoms with van der Waals surface area (Å²) in [7, 11) is 3.92. The van der Waals surface area contributed by atoms with Gasteiger partial charge in [0.25, 0.3) is 5.91 Å². The molecule has 0 N–H and O–H groups in total. The van der Waals surface area contributed by atoms with Gasteiger partial charge in [0.15, 0.2) is 0 Å². The van der Waals surface area contributed by atoms with Crippen LogP contribution >= 0.6 is 0 Å². The number of aromatic nitrogens is 3. The summed E-state index contributed by atoms with van der Waals surface area (Å²) in [6.07, 6.45) is -2.30. The molecule has 0 aliphatic carbocycles. The summed E-state index contributed by atoms with van der Waals surface area (Å²) in [6.45, 7) is 4.54. The maximum atomic E-state index is 14.2. The van der Waals surface area contributed by atoms with Gasteiger partial charge in [-0.15, -0.1) is 10.2 Å². The number of hydrogen-bond donors (Lipinski definition) is 0. The van der Waals surface area contributed by atoms with Crippen LogP contribution in [-0.4, -0.2) is 76.9 Å². The zero-order valence-corrected chi connectivity index (χ0v) is 22.0. The number of benzene rings is 2. The predicted molar refractivity (Wildman–Crippen MR) is 138 cm³/mol. The van der Waals surface area contributed by atoms with E-state index < -0.39 is 17.6 Å². The SMILES string of the molecule is CN1CCN(Cc2cc3c(c(C(F)(F)F)c2)CN(c2cccc(C4(Cc5nncn5C)COC4)c2)C3=O)CC1. The van der Waals surface area contributed by atoms with Gasteiger partial charge in [0.1, 0.15) is 12.2 Å². The van der Waals surface area contributed by atoms with Crippen LogP contribution in [0, 0.1) is 0 Å². The molecule has 0 unspecified atom stereocenters. The van der Waals surface area contributed by atoms with Crippen molar-refractivity contribution in [1.29, 1.82) is 0 Å². The molecule has 206 valence electrons. The second-order valence-corrected chi connectivity index (χ2v) is 11.0. The van der Waals surface area contributed by atoms with Crippen LogP contribution in [0.5, 0.6) is 0 Å². The highest BCUT2D eigenvalue weighted by Gasteiger charge is 2.43. The van der Waals surface area contributed by atoms with Gasteiger partial charge in [-0.05, 0) is 48.0 Å². The van der Waals surface area contributed by atoms with Crippen LogP contribution in [0.2, 0.25) is 0 Å². The number of aryl methyl sites for hydroxylation is 1. The molecule has 0 atom stereocenters. The molecule has 0 bridgehead atoms. The summed E-state index contributed by atoms with van der Waals surface area (Å²) in [4.78, 5) is 19.4. The van der Waals surface area contributed by atoms with Gasteiger partial charge in [-0.3, -0.25) is 9.69 Å². The Balaban J connectivity index is 1.30. The minimum absolute atomic E-state index is 0.0424. The fourth-order valence-electron chi connectivity index (χ4n) is 5.78. The smallest absolute Gasteiger partial charge is 0.379 e. The predicted octanol–water partition coefficient (Wildman–Crippen LogP) is 3.25. The van der Waals surface area contributed by atoms with Crippen LogP contribution in [0.3, 0.4) is 0 Å². The maximum Gasteiger partial charge on any atom is 0.416 e. The van der Waals surface area contributed by atoms with E-state index in [1.165, 1.54) is 11.0 Å². The third-order valence-corrected chi connectivity index (χ3v) is 8.24. The topological polar surface area (TPSA) is 66.7 Å². The Bertz CT molecular complexity index is 1390. The number of likely N-dealkylation sites (N-methyl/N-ethyl adjacent to an activating group) is 1. The molecule has 1 aromatic heterocycles. The molecule has 3 aliphatic rings. The van der Waals surface area contributed by atoms with Crippen molar-refractivity contribution in [2.45, 2.75) is 31.1 Å². The molecular weight excluding hydrogens is 509 g/mol. The van der Waals surface area contributed by atoms with Crippen LogP contribution in [0.4, 0.5) is 18.9 Å². The third-order valence-electron chi connectivity index (χ3n) is 8.24. The number of piperazine rings is 1. The molecule has 4 heterocycles. The van der Waals surface area contributed by atoms with E-state index in [2.05, 4.69) is 20.0 Å². The lowest BCUT2D eigenvalue weighted by molar-refractivity contribution is -0.138. The fraction of sp³-hybridized carbons (Fsp3) is 0.464. The van der Waals surface area contributed by atoms with E-state index in [-0.39, 0.29) is 23.1 Å². The molecule has 2 aromatic carbocycles. The highest BCUT2D eigenvalue weighted by molar-refractivity contribution is 6.10. The Morgan fingerprint density at radius 2 is 1.82 bits per heavy atom. The second-order valence-electron chi connectivity index (χ2n) is 11.0. The van der Waals surface area contributed by atoms with E-state index in [4.69, 9.17) is 4.74 Å². The molecule has 8 nitrogen and oxygen atoms in total. The number of hydrogen-bond acceptors (Lipinski definition) is 6. The van der Waals surface area contributed by atoms with Crippen molar-refractivity contribution in [2.24, 2.45) is 7.05 Å². The van der Waals surface area contributed by atoms with Gasteiger partial charge in [-0.25, -0.2) is 0 Å². The molecular formula is C28H31F3N6O2. The summed E-state index contributed by atoms with van der Waals surface area (Å²) in [5.74, 6) is 0.413. The minimum Gasteiger partial charge on any atom is -0.379 e. The highest BCUT2D eigenvalue weighted by Crippen LogP contribution is 2.41. The number of carbonyl (C=O) groups is 1. The number of alkyl halides is 3. The number of rotatable bonds is 6. The van der Waals surface area contributed by atoms with E-state index in [0.29, 0.717) is 37.4 Å². The van der Waals surface area contributed by atoms with Gasteiger partial charge < -0.3 is 19.1 Å². The monoisotopic (exact) mass is 540 g/mol. The minimum atomic E-state index is -4.55. The van der Waals surface area contributed by atoms with Crippen molar-refractivity contribution in [1.82, 2.24) is 24.6 Å². The summed E-state index contributed by atoms with van der Waals surface area (Å²) in [6, 6.07) is 10.4. The first kappa shape index (κ1) is 26.0. The lowest BCUT2D eigenvalue weighted by atomic mass is 9.75. The van der Waals surface area contributed by atoms with E-state index in [0.717, 1.165) is 37.6 Å². The van der Waals surface area contributed by atoms with Gasteiger partial charge in [-0.2, -0.15) is 13.2 Å². The molecule has 0 radical (unpaired) electrons. The molecule has 11 heteroatoms. The van der Waals surface area contributed by atoms with Crippen LogP contribution < -0.4 is 4.90 Å². The Morgan fingerprint density at radius 1 is 1.05 bits per heavy atom. The van der Waals surface area contributed by atoms with Crippen LogP contribution in [-0.2, 0) is 42.9 Å². The molecule has 3 aliphatic heterocycles. The molecule has 39 heavy (non-hydrogen) atoms. The average Bonchev–Trinajstić information content (AvgIpc) is 3.44. The number of ether oxygens (including phenoxy) is 1. The Labute approximate surface area is 225 Å². The van der Waals surface area contributed by atoms with Gasteiger partial charge in [0, 0.05) is 62.9 Å². The quantitative estimate of drug-likeness (QED) is 0.479. The van der Waals surface area contributed by atoms with Crippen LogP contribution in [0.1, 0.15) is 38.4 Å². The molecule has 0 saturated carbocycles. The van der Waals surface area contributed by atoms with E-state index in [1.807, 2.05) is 36.9 Å². The first-order chi connectivity index (χ1) is 18.6. The van der Waals surface area contributed by atoms with Gasteiger partial charge in [-0.1, -0.05) is 12.1 Å². The standard InChI is InChI=1S/C28H31F3N6O2/c1-34-6-8-36(9-7-34)14-19-10-22-23(24(11-19)28(29,30)31)15-37(26(22)38)21-5-3-4-20(12-21)27(16-39-17-27)13-25-33-32-18-35(25)2/h3-5,10-12,18H,6-9,13-17H2,1-2H3. The molecule has 6 rings (SSSR count). The lowest BCUT2D eigenvalue weighted by Gasteiger charge is -2.42. The van der Waals surface area contributed by atoms with Crippen molar-refractivity contribution < 1.29 is 22.7 Å². The van der Waals surface area contributed by atoms with Crippen molar-refractivity contribution in [3.05, 3.63) is 76.4 Å². The van der Waals surface area contributed by atoms with Gasteiger partial charge in [0.05, 0.1) is 25.3 Å². The van der Waals surface area contributed by atoms with E-state index >= 15 is 0 Å². The number of nitrogens with zero attached hydrogens (tertiary/aromatic N) is 6. The van der Waals surface area contributed by atoms with Crippen molar-refractivity contribution in [3.63, 3.8) is 0 Å². The largest absolute Gasteiger partial charge is 0.416 e. The average molecular weight is 541 g/mol. The zero-order chi connectivity index (χ0) is 27.4. The fourth-order valence-corrected chi connectivity index (χ4v) is 5.78. The number of carbonyl (C=O) groups excluding carboxylic acids is 1. The van der Waals surface area contributed by atoms with Crippen molar-refractivity contribution >= 4 is 11.6 Å². The van der Waals surface area contributed by atoms with E-state index in [1.54, 1.807) is 18.5 Å².